The predicted molar refractivity (Wildman–Crippen MR) is 43.1 cm³/mol. The Morgan fingerprint density at radius 1 is 1.64 bits per heavy atom. The molecule has 0 saturated heterocycles. The van der Waals surface area contributed by atoms with Crippen LogP contribution in [0.1, 0.15) is 26.7 Å². The third-order valence-corrected chi connectivity index (χ3v) is 2.08. The van der Waals surface area contributed by atoms with Gasteiger partial charge in [-0.15, -0.1) is 0 Å². The number of ether oxygens (including phenoxy) is 1. The van der Waals surface area contributed by atoms with E-state index < -0.39 is 0 Å². The molecule has 1 fully saturated rings. The van der Waals surface area contributed by atoms with Crippen molar-refractivity contribution in [1.29, 1.82) is 0 Å². The summed E-state index contributed by atoms with van der Waals surface area (Å²) in [5, 5.41) is 0. The molecule has 2 nitrogen and oxygen atoms in total. The summed E-state index contributed by atoms with van der Waals surface area (Å²) in [4.78, 5) is 11.2. The van der Waals surface area contributed by atoms with E-state index in [2.05, 4.69) is 0 Å². The van der Waals surface area contributed by atoms with Crippen LogP contribution < -0.4 is 0 Å². The summed E-state index contributed by atoms with van der Waals surface area (Å²) in [6.07, 6.45) is 5.09. The average molecular weight is 154 g/mol. The van der Waals surface area contributed by atoms with Crippen molar-refractivity contribution in [3.63, 3.8) is 0 Å². The lowest BCUT2D eigenvalue weighted by Crippen LogP contribution is -2.07. The van der Waals surface area contributed by atoms with Crippen molar-refractivity contribution in [2.75, 3.05) is 6.61 Å². The fourth-order valence-electron chi connectivity index (χ4n) is 0.841. The maximum atomic E-state index is 11.2. The van der Waals surface area contributed by atoms with Gasteiger partial charge in [-0.1, -0.05) is 6.92 Å². The largest absolute Gasteiger partial charge is 0.501 e. The van der Waals surface area contributed by atoms with Crippen LogP contribution in [0.2, 0.25) is 0 Å². The molecule has 0 spiro atoms. The minimum absolute atomic E-state index is 0.0480. The van der Waals surface area contributed by atoms with Gasteiger partial charge in [-0.2, -0.15) is 0 Å². The first kappa shape index (κ1) is 8.31. The molecule has 0 aromatic heterocycles. The molecule has 0 unspecified atom stereocenters. The summed E-state index contributed by atoms with van der Waals surface area (Å²) in [5.74, 6) is 0.200. The second-order valence-electron chi connectivity index (χ2n) is 3.18. The molecule has 0 bridgehead atoms. The van der Waals surface area contributed by atoms with Crippen molar-refractivity contribution < 1.29 is 9.53 Å². The second-order valence-corrected chi connectivity index (χ2v) is 3.18. The van der Waals surface area contributed by atoms with E-state index >= 15 is 0 Å². The van der Waals surface area contributed by atoms with Crippen LogP contribution in [0.5, 0.6) is 0 Å². The lowest BCUT2D eigenvalue weighted by atomic mass is 10.0. The molecule has 1 aliphatic carbocycles. The number of hydrogen-bond acceptors (Lipinski definition) is 2. The summed E-state index contributed by atoms with van der Waals surface area (Å²) in [5.41, 5.74) is -0.0480. The SMILES string of the molecule is CCO/C=C/C(=O)C1(C)CC1. The van der Waals surface area contributed by atoms with E-state index in [9.17, 15) is 4.79 Å². The minimum Gasteiger partial charge on any atom is -0.501 e. The Bertz CT molecular complexity index is 178. The van der Waals surface area contributed by atoms with Gasteiger partial charge in [-0.25, -0.2) is 0 Å². The molecule has 0 aromatic carbocycles. The van der Waals surface area contributed by atoms with Crippen molar-refractivity contribution >= 4 is 5.78 Å². The van der Waals surface area contributed by atoms with Gasteiger partial charge in [-0.05, 0) is 19.8 Å². The van der Waals surface area contributed by atoms with Gasteiger partial charge in [-0.3, -0.25) is 4.79 Å². The normalized spacial score (nSPS) is 20.2. The van der Waals surface area contributed by atoms with Crippen LogP contribution in [0.25, 0.3) is 0 Å². The number of rotatable bonds is 4. The molecule has 1 aliphatic rings. The third kappa shape index (κ3) is 2.07. The third-order valence-electron chi connectivity index (χ3n) is 2.08. The highest BCUT2D eigenvalue weighted by molar-refractivity contribution is 5.96. The summed E-state index contributed by atoms with van der Waals surface area (Å²) < 4.78 is 4.93. The lowest BCUT2D eigenvalue weighted by Gasteiger charge is -2.00. The van der Waals surface area contributed by atoms with Gasteiger partial charge in [0.2, 0.25) is 0 Å². The summed E-state index contributed by atoms with van der Waals surface area (Å²) in [6.45, 7) is 4.51. The smallest absolute Gasteiger partial charge is 0.164 e. The monoisotopic (exact) mass is 154 g/mol. The summed E-state index contributed by atoms with van der Waals surface area (Å²) in [7, 11) is 0. The summed E-state index contributed by atoms with van der Waals surface area (Å²) >= 11 is 0. The molecule has 11 heavy (non-hydrogen) atoms. The standard InChI is InChI=1S/C9H14O2/c1-3-11-7-4-8(10)9(2)5-6-9/h4,7H,3,5-6H2,1-2H3/b7-4+. The highest BCUT2D eigenvalue weighted by atomic mass is 16.5. The minimum atomic E-state index is -0.0480. The number of carbonyl (C=O) groups excluding carboxylic acids is 1. The molecule has 0 N–H and O–H groups in total. The first-order valence-electron chi connectivity index (χ1n) is 4.01. The van der Waals surface area contributed by atoms with Gasteiger partial charge in [0.05, 0.1) is 12.9 Å². The Labute approximate surface area is 67.2 Å². The van der Waals surface area contributed by atoms with E-state index in [0.717, 1.165) is 12.8 Å². The van der Waals surface area contributed by atoms with Crippen molar-refractivity contribution in [2.45, 2.75) is 26.7 Å². The Kier molecular flexibility index (Phi) is 2.32. The van der Waals surface area contributed by atoms with Crippen LogP contribution in [0.15, 0.2) is 12.3 Å². The lowest BCUT2D eigenvalue weighted by molar-refractivity contribution is -0.118. The van der Waals surface area contributed by atoms with Crippen molar-refractivity contribution in [3.05, 3.63) is 12.3 Å². The van der Waals surface area contributed by atoms with E-state index in [-0.39, 0.29) is 11.2 Å². The van der Waals surface area contributed by atoms with E-state index in [4.69, 9.17) is 4.74 Å². The van der Waals surface area contributed by atoms with Crippen LogP contribution in [-0.4, -0.2) is 12.4 Å². The molecule has 0 amide bonds. The Morgan fingerprint density at radius 3 is 2.73 bits per heavy atom. The quantitative estimate of drug-likeness (QED) is 0.456. The zero-order valence-corrected chi connectivity index (χ0v) is 7.09. The molecule has 0 heterocycles. The fraction of sp³-hybridized carbons (Fsp3) is 0.667. The molecule has 2 heteroatoms. The first-order chi connectivity index (χ1) is 5.19. The van der Waals surface area contributed by atoms with Crippen molar-refractivity contribution in [2.24, 2.45) is 5.41 Å². The molecule has 0 aromatic rings. The molecule has 1 saturated carbocycles. The zero-order chi connectivity index (χ0) is 8.32. The maximum Gasteiger partial charge on any atom is 0.164 e. The fourth-order valence-corrected chi connectivity index (χ4v) is 0.841. The Hall–Kier alpha value is -0.790. The van der Waals surface area contributed by atoms with E-state index in [1.807, 2.05) is 13.8 Å². The molecular formula is C9H14O2. The molecule has 0 radical (unpaired) electrons. The predicted octanol–water partition coefficient (Wildman–Crippen LogP) is 1.91. The first-order valence-corrected chi connectivity index (χ1v) is 4.01. The summed E-state index contributed by atoms with van der Waals surface area (Å²) in [6, 6.07) is 0. The number of allylic oxidation sites excluding steroid dienone is 1. The number of ketones is 1. The van der Waals surface area contributed by atoms with Crippen LogP contribution in [0.3, 0.4) is 0 Å². The molecule has 62 valence electrons. The van der Waals surface area contributed by atoms with Gasteiger partial charge < -0.3 is 4.74 Å². The van der Waals surface area contributed by atoms with Gasteiger partial charge in [0.25, 0.3) is 0 Å². The van der Waals surface area contributed by atoms with Gasteiger partial charge in [0.15, 0.2) is 5.78 Å². The molecule has 0 atom stereocenters. The number of hydrogen-bond donors (Lipinski definition) is 0. The highest BCUT2D eigenvalue weighted by Gasteiger charge is 2.43. The molecule has 0 aliphatic heterocycles. The van der Waals surface area contributed by atoms with Crippen LogP contribution >= 0.6 is 0 Å². The average Bonchev–Trinajstić information content (AvgIpc) is 2.70. The molecular weight excluding hydrogens is 140 g/mol. The van der Waals surface area contributed by atoms with Crippen LogP contribution in [0.4, 0.5) is 0 Å². The van der Waals surface area contributed by atoms with Gasteiger partial charge >= 0.3 is 0 Å². The van der Waals surface area contributed by atoms with Gasteiger partial charge in [0.1, 0.15) is 0 Å². The topological polar surface area (TPSA) is 26.3 Å². The van der Waals surface area contributed by atoms with Gasteiger partial charge in [0, 0.05) is 11.5 Å². The highest BCUT2D eigenvalue weighted by Crippen LogP contribution is 2.45. The van der Waals surface area contributed by atoms with E-state index in [0.29, 0.717) is 6.61 Å². The van der Waals surface area contributed by atoms with E-state index in [1.54, 1.807) is 0 Å². The van der Waals surface area contributed by atoms with E-state index in [1.165, 1.54) is 12.3 Å². The van der Waals surface area contributed by atoms with Crippen molar-refractivity contribution in [3.8, 4) is 0 Å². The molecule has 1 rings (SSSR count). The van der Waals surface area contributed by atoms with Crippen LogP contribution in [-0.2, 0) is 9.53 Å². The number of carbonyl (C=O) groups is 1. The Balaban J connectivity index is 2.31. The Morgan fingerprint density at radius 2 is 2.27 bits per heavy atom. The zero-order valence-electron chi connectivity index (χ0n) is 7.09. The van der Waals surface area contributed by atoms with Crippen LogP contribution in [0, 0.1) is 5.41 Å². The maximum absolute atomic E-state index is 11.2. The van der Waals surface area contributed by atoms with Crippen molar-refractivity contribution in [1.82, 2.24) is 0 Å². The second kappa shape index (κ2) is 3.07.